The maximum Gasteiger partial charge on any atom is 0.328 e. The number of halogens is 3. The molecule has 0 amide bonds. The van der Waals surface area contributed by atoms with Gasteiger partial charge in [0.2, 0.25) is 9.84 Å². The van der Waals surface area contributed by atoms with E-state index in [1.807, 2.05) is 0 Å². The summed E-state index contributed by atoms with van der Waals surface area (Å²) >= 11 is 0. The highest BCUT2D eigenvalue weighted by molar-refractivity contribution is 7.92. The molecule has 1 aromatic carbocycles. The fourth-order valence-electron chi connectivity index (χ4n) is 2.35. The first-order valence-corrected chi connectivity index (χ1v) is 7.00. The summed E-state index contributed by atoms with van der Waals surface area (Å²) in [7, 11) is -4.87. The van der Waals surface area contributed by atoms with Crippen LogP contribution >= 0.6 is 0 Å². The lowest BCUT2D eigenvalue weighted by Gasteiger charge is -2.30. The van der Waals surface area contributed by atoms with E-state index in [9.17, 15) is 21.6 Å². The second-order valence-corrected chi connectivity index (χ2v) is 6.52. The van der Waals surface area contributed by atoms with E-state index in [0.717, 1.165) is 24.3 Å². The third-order valence-corrected chi connectivity index (χ3v) is 5.56. The number of alkyl halides is 3. The van der Waals surface area contributed by atoms with E-state index in [1.165, 1.54) is 18.2 Å². The zero-order valence-electron chi connectivity index (χ0n) is 9.46. The predicted molar refractivity (Wildman–Crippen MR) is 60.2 cm³/mol. The van der Waals surface area contributed by atoms with E-state index in [0.29, 0.717) is 0 Å². The van der Waals surface area contributed by atoms with Crippen molar-refractivity contribution in [2.45, 2.75) is 28.0 Å². The van der Waals surface area contributed by atoms with E-state index in [1.54, 1.807) is 0 Å². The zero-order chi connectivity index (χ0) is 13.9. The molecule has 0 saturated carbocycles. The molecule has 2 aliphatic rings. The molecule has 0 spiro atoms. The van der Waals surface area contributed by atoms with Gasteiger partial charge in [0.15, 0.2) is 0 Å². The zero-order valence-corrected chi connectivity index (χ0v) is 10.3. The fourth-order valence-corrected chi connectivity index (χ4v) is 4.13. The summed E-state index contributed by atoms with van der Waals surface area (Å²) in [4.78, 5) is -0.485. The van der Waals surface area contributed by atoms with Gasteiger partial charge in [-0.3, -0.25) is 0 Å². The minimum Gasteiger partial charge on any atom is -0.356 e. The number of rotatable bonds is 2. The molecule has 0 aromatic heterocycles. The second kappa shape index (κ2) is 3.61. The van der Waals surface area contributed by atoms with Crippen molar-refractivity contribution < 1.29 is 26.3 Å². The van der Waals surface area contributed by atoms with Gasteiger partial charge in [0.05, 0.1) is 4.90 Å². The summed E-state index contributed by atoms with van der Waals surface area (Å²) in [5.74, 6) is -4.11. The molecular formula is C12H9F3O3S. The summed E-state index contributed by atoms with van der Waals surface area (Å²) < 4.78 is 71.7. The van der Waals surface area contributed by atoms with Crippen molar-refractivity contribution in [2.75, 3.05) is 0 Å². The Labute approximate surface area is 107 Å². The molecule has 1 aromatic rings. The van der Waals surface area contributed by atoms with Gasteiger partial charge in [-0.1, -0.05) is 30.4 Å². The van der Waals surface area contributed by atoms with Gasteiger partial charge in [-0.05, 0) is 12.1 Å². The van der Waals surface area contributed by atoms with Gasteiger partial charge < -0.3 is 4.74 Å². The van der Waals surface area contributed by atoms with Crippen LogP contribution in [0, 0.1) is 0 Å². The molecule has 3 rings (SSSR count). The lowest BCUT2D eigenvalue weighted by atomic mass is 10.0. The molecule has 0 N–H and O–H groups in total. The molecule has 2 bridgehead atoms. The largest absolute Gasteiger partial charge is 0.356 e. The van der Waals surface area contributed by atoms with Crippen LogP contribution in [-0.4, -0.2) is 31.5 Å². The maximum atomic E-state index is 14.7. The third kappa shape index (κ3) is 1.34. The Morgan fingerprint density at radius 1 is 1.00 bits per heavy atom. The van der Waals surface area contributed by atoms with Crippen LogP contribution in [0.1, 0.15) is 0 Å². The standard InChI is InChI=1S/C12H9F3O3S/c13-11(14)9-6-7-10(18-9)12(11,15)19(16,17)8-4-2-1-3-5-8/h1-7,9-10H. The van der Waals surface area contributed by atoms with Gasteiger partial charge in [0.1, 0.15) is 12.2 Å². The number of hydrogen-bond acceptors (Lipinski definition) is 3. The number of sulfone groups is 1. The molecule has 3 unspecified atom stereocenters. The molecular weight excluding hydrogens is 281 g/mol. The van der Waals surface area contributed by atoms with Crippen LogP contribution in [0.3, 0.4) is 0 Å². The van der Waals surface area contributed by atoms with Crippen LogP contribution in [0.2, 0.25) is 0 Å². The minimum absolute atomic E-state index is 0.485. The average Bonchev–Trinajstić information content (AvgIpc) is 2.94. The minimum atomic E-state index is -4.87. The normalized spacial score (nSPS) is 35.7. The smallest absolute Gasteiger partial charge is 0.328 e. The van der Waals surface area contributed by atoms with Crippen molar-refractivity contribution in [1.29, 1.82) is 0 Å². The first kappa shape index (κ1) is 12.7. The Bertz CT molecular complexity index is 641. The third-order valence-electron chi connectivity index (χ3n) is 3.38. The van der Waals surface area contributed by atoms with E-state index in [-0.39, 0.29) is 0 Å². The van der Waals surface area contributed by atoms with Gasteiger partial charge in [0.25, 0.3) is 0 Å². The molecule has 19 heavy (non-hydrogen) atoms. The quantitative estimate of drug-likeness (QED) is 0.783. The van der Waals surface area contributed by atoms with Gasteiger partial charge in [-0.2, -0.15) is 8.78 Å². The first-order valence-electron chi connectivity index (χ1n) is 5.52. The number of ether oxygens (including phenoxy) is 1. The number of benzene rings is 1. The Morgan fingerprint density at radius 3 is 2.11 bits per heavy atom. The fraction of sp³-hybridized carbons (Fsp3) is 0.333. The molecule has 3 atom stereocenters. The lowest BCUT2D eigenvalue weighted by Crippen LogP contribution is -2.56. The molecule has 102 valence electrons. The second-order valence-electron chi connectivity index (χ2n) is 4.45. The van der Waals surface area contributed by atoms with Gasteiger partial charge in [-0.25, -0.2) is 12.8 Å². The highest BCUT2D eigenvalue weighted by Crippen LogP contribution is 2.55. The van der Waals surface area contributed by atoms with Crippen molar-refractivity contribution >= 4 is 9.84 Å². The van der Waals surface area contributed by atoms with Crippen LogP contribution < -0.4 is 0 Å². The van der Waals surface area contributed by atoms with E-state index in [4.69, 9.17) is 4.74 Å². The molecule has 2 aliphatic heterocycles. The monoisotopic (exact) mass is 290 g/mol. The van der Waals surface area contributed by atoms with Gasteiger partial charge in [-0.15, -0.1) is 0 Å². The number of hydrogen-bond donors (Lipinski definition) is 0. The van der Waals surface area contributed by atoms with Crippen LogP contribution in [0.4, 0.5) is 13.2 Å². The van der Waals surface area contributed by atoms with Gasteiger partial charge in [0, 0.05) is 0 Å². The molecule has 2 heterocycles. The van der Waals surface area contributed by atoms with Crippen molar-refractivity contribution in [3.63, 3.8) is 0 Å². The SMILES string of the molecule is O=S(=O)(c1ccccc1)C1(F)C2C=CC(O2)C1(F)F. The van der Waals surface area contributed by atoms with Crippen molar-refractivity contribution in [3.05, 3.63) is 42.5 Å². The van der Waals surface area contributed by atoms with E-state index in [2.05, 4.69) is 0 Å². The summed E-state index contributed by atoms with van der Waals surface area (Å²) in [6, 6.07) is 6.38. The Hall–Kier alpha value is -1.34. The topological polar surface area (TPSA) is 43.4 Å². The van der Waals surface area contributed by atoms with Crippen LogP contribution in [0.15, 0.2) is 47.4 Å². The molecule has 1 saturated heterocycles. The van der Waals surface area contributed by atoms with Crippen LogP contribution in [-0.2, 0) is 14.6 Å². The summed E-state index contributed by atoms with van der Waals surface area (Å²) in [5, 5.41) is -3.76. The van der Waals surface area contributed by atoms with Crippen LogP contribution in [0.5, 0.6) is 0 Å². The van der Waals surface area contributed by atoms with Crippen molar-refractivity contribution in [1.82, 2.24) is 0 Å². The molecule has 0 radical (unpaired) electrons. The molecule has 7 heteroatoms. The number of fused-ring (bicyclic) bond motifs is 2. The molecule has 0 aliphatic carbocycles. The summed E-state index contributed by atoms with van der Waals surface area (Å²) in [6.45, 7) is 0. The van der Waals surface area contributed by atoms with E-state index < -0.39 is 37.9 Å². The molecule has 1 fully saturated rings. The van der Waals surface area contributed by atoms with E-state index >= 15 is 0 Å². The van der Waals surface area contributed by atoms with Crippen LogP contribution in [0.25, 0.3) is 0 Å². The van der Waals surface area contributed by atoms with Gasteiger partial charge >= 0.3 is 10.9 Å². The summed E-state index contributed by atoms with van der Waals surface area (Å²) in [6.07, 6.45) is -1.59. The van der Waals surface area contributed by atoms with Crippen molar-refractivity contribution in [3.8, 4) is 0 Å². The highest BCUT2D eigenvalue weighted by atomic mass is 32.2. The predicted octanol–water partition coefficient (Wildman–Crippen LogP) is 2.10. The Morgan fingerprint density at radius 2 is 1.58 bits per heavy atom. The maximum absolute atomic E-state index is 14.7. The summed E-state index contributed by atoms with van der Waals surface area (Å²) in [5.41, 5.74) is 0. The highest BCUT2D eigenvalue weighted by Gasteiger charge is 2.78. The first-order chi connectivity index (χ1) is 8.82. The van der Waals surface area contributed by atoms with Crippen molar-refractivity contribution in [2.24, 2.45) is 0 Å². The average molecular weight is 290 g/mol. The molecule has 3 nitrogen and oxygen atoms in total. The Balaban J connectivity index is 2.19. The lowest BCUT2D eigenvalue weighted by molar-refractivity contribution is -0.0893. The Kier molecular flexibility index (Phi) is 2.41.